The van der Waals surface area contributed by atoms with Crippen molar-refractivity contribution < 1.29 is 9.90 Å². The van der Waals surface area contributed by atoms with Crippen LogP contribution in [0.25, 0.3) is 0 Å². The van der Waals surface area contributed by atoms with Crippen LogP contribution in [0.5, 0.6) is 0 Å². The third kappa shape index (κ3) is 4.83. The molecule has 92 valence electrons. The SMILES string of the molecule is CC=CC(CC(=O)O)NC(C)c1ccccc1. The van der Waals surface area contributed by atoms with Crippen LogP contribution in [0.3, 0.4) is 0 Å². The molecule has 0 bridgehead atoms. The van der Waals surface area contributed by atoms with E-state index in [1.165, 1.54) is 0 Å². The van der Waals surface area contributed by atoms with Crippen molar-refractivity contribution in [1.29, 1.82) is 0 Å². The number of carboxylic acid groups (broad SMARTS) is 1. The average molecular weight is 233 g/mol. The Hall–Kier alpha value is -1.61. The maximum absolute atomic E-state index is 10.7. The summed E-state index contributed by atoms with van der Waals surface area (Å²) in [5.41, 5.74) is 1.16. The zero-order valence-corrected chi connectivity index (χ0v) is 10.3. The van der Waals surface area contributed by atoms with Gasteiger partial charge in [-0.25, -0.2) is 0 Å². The van der Waals surface area contributed by atoms with Gasteiger partial charge in [-0.05, 0) is 19.4 Å². The molecule has 0 saturated carbocycles. The first-order chi connectivity index (χ1) is 8.13. The average Bonchev–Trinajstić information content (AvgIpc) is 2.29. The van der Waals surface area contributed by atoms with Gasteiger partial charge in [-0.3, -0.25) is 4.79 Å². The first-order valence-electron chi connectivity index (χ1n) is 5.79. The number of hydrogen-bond acceptors (Lipinski definition) is 2. The molecule has 2 atom stereocenters. The topological polar surface area (TPSA) is 49.3 Å². The number of benzene rings is 1. The lowest BCUT2D eigenvalue weighted by molar-refractivity contribution is -0.137. The third-order valence-corrected chi connectivity index (χ3v) is 2.58. The molecule has 2 unspecified atom stereocenters. The zero-order valence-electron chi connectivity index (χ0n) is 10.3. The van der Waals surface area contributed by atoms with Gasteiger partial charge in [0, 0.05) is 12.1 Å². The fourth-order valence-corrected chi connectivity index (χ4v) is 1.76. The highest BCUT2D eigenvalue weighted by atomic mass is 16.4. The van der Waals surface area contributed by atoms with Crippen molar-refractivity contribution in [1.82, 2.24) is 5.32 Å². The van der Waals surface area contributed by atoms with Crippen LogP contribution in [0.1, 0.15) is 31.9 Å². The Morgan fingerprint density at radius 1 is 1.41 bits per heavy atom. The molecule has 3 nitrogen and oxygen atoms in total. The van der Waals surface area contributed by atoms with Crippen molar-refractivity contribution >= 4 is 5.97 Å². The molecule has 1 rings (SSSR count). The maximum atomic E-state index is 10.7. The van der Waals surface area contributed by atoms with Gasteiger partial charge >= 0.3 is 5.97 Å². The van der Waals surface area contributed by atoms with Gasteiger partial charge in [0.05, 0.1) is 6.42 Å². The van der Waals surface area contributed by atoms with Gasteiger partial charge in [0.1, 0.15) is 0 Å². The molecule has 1 aromatic carbocycles. The molecule has 0 fully saturated rings. The summed E-state index contributed by atoms with van der Waals surface area (Å²) in [6.07, 6.45) is 3.85. The number of allylic oxidation sites excluding steroid dienone is 1. The standard InChI is InChI=1S/C14H19NO2/c1-3-7-13(10-14(16)17)15-11(2)12-8-5-4-6-9-12/h3-9,11,13,15H,10H2,1-2H3,(H,16,17). The Morgan fingerprint density at radius 2 is 2.06 bits per heavy atom. The number of hydrogen-bond donors (Lipinski definition) is 2. The van der Waals surface area contributed by atoms with Crippen LogP contribution in [0, 0.1) is 0 Å². The smallest absolute Gasteiger partial charge is 0.305 e. The van der Waals surface area contributed by atoms with Gasteiger partial charge in [-0.1, -0.05) is 42.5 Å². The predicted molar refractivity (Wildman–Crippen MR) is 68.8 cm³/mol. The van der Waals surface area contributed by atoms with Crippen LogP contribution in [-0.4, -0.2) is 17.1 Å². The highest BCUT2D eigenvalue weighted by molar-refractivity contribution is 5.67. The van der Waals surface area contributed by atoms with Crippen LogP contribution in [0.15, 0.2) is 42.5 Å². The van der Waals surface area contributed by atoms with Gasteiger partial charge in [0.15, 0.2) is 0 Å². The summed E-state index contributed by atoms with van der Waals surface area (Å²) >= 11 is 0. The Labute approximate surface area is 102 Å². The number of aliphatic carboxylic acids is 1. The van der Waals surface area contributed by atoms with E-state index in [1.54, 1.807) is 0 Å². The van der Waals surface area contributed by atoms with E-state index in [9.17, 15) is 4.79 Å². The normalized spacial score (nSPS) is 14.7. The van der Waals surface area contributed by atoms with E-state index in [-0.39, 0.29) is 18.5 Å². The minimum atomic E-state index is -0.791. The summed E-state index contributed by atoms with van der Waals surface area (Å²) in [5.74, 6) is -0.791. The van der Waals surface area contributed by atoms with Crippen molar-refractivity contribution in [2.75, 3.05) is 0 Å². The summed E-state index contributed by atoms with van der Waals surface area (Å²) in [6, 6.07) is 10.0. The fraction of sp³-hybridized carbons (Fsp3) is 0.357. The van der Waals surface area contributed by atoms with Gasteiger partial charge in [0.25, 0.3) is 0 Å². The fourth-order valence-electron chi connectivity index (χ4n) is 1.76. The van der Waals surface area contributed by atoms with Crippen molar-refractivity contribution in [3.8, 4) is 0 Å². The molecule has 0 aromatic heterocycles. The predicted octanol–water partition coefficient (Wildman–Crippen LogP) is 2.76. The van der Waals surface area contributed by atoms with Crippen LogP contribution in [-0.2, 0) is 4.79 Å². The largest absolute Gasteiger partial charge is 0.481 e. The van der Waals surface area contributed by atoms with Gasteiger partial charge < -0.3 is 10.4 Å². The van der Waals surface area contributed by atoms with Crippen molar-refractivity contribution in [3.63, 3.8) is 0 Å². The minimum Gasteiger partial charge on any atom is -0.481 e. The molecule has 0 aliphatic carbocycles. The monoisotopic (exact) mass is 233 g/mol. The van der Waals surface area contributed by atoms with Crippen LogP contribution >= 0.6 is 0 Å². The molecule has 0 aliphatic rings. The summed E-state index contributed by atoms with van der Waals surface area (Å²) in [4.78, 5) is 10.7. The molecule has 0 aliphatic heterocycles. The molecule has 0 spiro atoms. The molecule has 2 N–H and O–H groups in total. The van der Waals surface area contributed by atoms with E-state index in [0.29, 0.717) is 0 Å². The Balaban J connectivity index is 2.64. The van der Waals surface area contributed by atoms with Crippen molar-refractivity contribution in [3.05, 3.63) is 48.0 Å². The van der Waals surface area contributed by atoms with Crippen molar-refractivity contribution in [2.24, 2.45) is 0 Å². The van der Waals surface area contributed by atoms with E-state index >= 15 is 0 Å². The second kappa shape index (κ2) is 6.86. The van der Waals surface area contributed by atoms with E-state index < -0.39 is 5.97 Å². The Bertz CT molecular complexity index is 373. The molecule has 0 saturated heterocycles. The van der Waals surface area contributed by atoms with Crippen LogP contribution in [0.4, 0.5) is 0 Å². The summed E-state index contributed by atoms with van der Waals surface area (Å²) in [6.45, 7) is 3.93. The first kappa shape index (κ1) is 13.5. The zero-order chi connectivity index (χ0) is 12.7. The van der Waals surface area contributed by atoms with Crippen LogP contribution in [0.2, 0.25) is 0 Å². The highest BCUT2D eigenvalue weighted by Gasteiger charge is 2.13. The molecule has 17 heavy (non-hydrogen) atoms. The van der Waals surface area contributed by atoms with E-state index in [0.717, 1.165) is 5.56 Å². The molecule has 0 amide bonds. The van der Waals surface area contributed by atoms with Gasteiger partial charge in [-0.2, -0.15) is 0 Å². The van der Waals surface area contributed by atoms with Gasteiger partial charge in [0.2, 0.25) is 0 Å². The third-order valence-electron chi connectivity index (χ3n) is 2.58. The molecule has 0 heterocycles. The molecule has 0 radical (unpaired) electrons. The molecule has 1 aromatic rings. The molecule has 3 heteroatoms. The van der Waals surface area contributed by atoms with E-state index in [2.05, 4.69) is 5.32 Å². The lowest BCUT2D eigenvalue weighted by Gasteiger charge is -2.19. The number of carbonyl (C=O) groups is 1. The second-order valence-corrected chi connectivity index (χ2v) is 4.03. The number of carboxylic acids is 1. The Kier molecular flexibility index (Phi) is 5.43. The van der Waals surface area contributed by atoms with Crippen molar-refractivity contribution in [2.45, 2.75) is 32.4 Å². The van der Waals surface area contributed by atoms with Gasteiger partial charge in [-0.15, -0.1) is 0 Å². The Morgan fingerprint density at radius 3 is 2.59 bits per heavy atom. The number of rotatable bonds is 6. The van der Waals surface area contributed by atoms with E-state index in [1.807, 2.05) is 56.3 Å². The lowest BCUT2D eigenvalue weighted by Crippen LogP contribution is -2.31. The lowest BCUT2D eigenvalue weighted by atomic mass is 10.1. The summed E-state index contributed by atoms with van der Waals surface area (Å²) < 4.78 is 0. The summed E-state index contributed by atoms with van der Waals surface area (Å²) in [7, 11) is 0. The minimum absolute atomic E-state index is 0.0987. The quantitative estimate of drug-likeness (QED) is 0.743. The molecular formula is C14H19NO2. The summed E-state index contributed by atoms with van der Waals surface area (Å²) in [5, 5.41) is 12.1. The number of nitrogens with one attached hydrogen (secondary N) is 1. The van der Waals surface area contributed by atoms with Crippen LogP contribution < -0.4 is 5.32 Å². The second-order valence-electron chi connectivity index (χ2n) is 4.03. The van der Waals surface area contributed by atoms with E-state index in [4.69, 9.17) is 5.11 Å². The highest BCUT2D eigenvalue weighted by Crippen LogP contribution is 2.13. The maximum Gasteiger partial charge on any atom is 0.305 e. The first-order valence-corrected chi connectivity index (χ1v) is 5.79. The molecular weight excluding hydrogens is 214 g/mol.